The molecular weight excluding hydrogens is 468 g/mol. The highest BCUT2D eigenvalue weighted by Crippen LogP contribution is 2.24. The first-order chi connectivity index (χ1) is 16.7. The standard InChI is InChI=1S/C24H32N6O4S/c1-16(2)11-13-29-20-21(26-23(29)28-12-7-10-18(25)14-28)27(3)24(32)30(22(20)31)15-19(35(33)34)17-8-5-4-6-9-17/h4-6,8-9,11,18-19H,7,10,12-15,25H2,1-3H3,(H,33,34). The molecule has 1 aliphatic heterocycles. The molecule has 188 valence electrons. The largest absolute Gasteiger partial charge is 0.341 e. The lowest BCUT2D eigenvalue weighted by molar-refractivity contribution is 0.495. The van der Waals surface area contributed by atoms with E-state index in [2.05, 4.69) is 4.90 Å². The van der Waals surface area contributed by atoms with E-state index in [1.807, 2.05) is 24.5 Å². The monoisotopic (exact) mass is 500 g/mol. The summed E-state index contributed by atoms with van der Waals surface area (Å²) in [6.07, 6.45) is 3.84. The van der Waals surface area contributed by atoms with Gasteiger partial charge in [-0.15, -0.1) is 0 Å². The van der Waals surface area contributed by atoms with Gasteiger partial charge in [0, 0.05) is 32.7 Å². The number of allylic oxidation sites excluding steroid dienone is 2. The van der Waals surface area contributed by atoms with Crippen LogP contribution in [0.2, 0.25) is 0 Å². The molecule has 0 bridgehead atoms. The zero-order chi connectivity index (χ0) is 25.3. The highest BCUT2D eigenvalue weighted by atomic mass is 32.2. The van der Waals surface area contributed by atoms with Crippen molar-refractivity contribution in [2.24, 2.45) is 12.8 Å². The quantitative estimate of drug-likeness (QED) is 0.374. The van der Waals surface area contributed by atoms with Gasteiger partial charge in [-0.25, -0.2) is 9.00 Å². The van der Waals surface area contributed by atoms with Crippen molar-refractivity contribution < 1.29 is 8.76 Å². The summed E-state index contributed by atoms with van der Waals surface area (Å²) in [7, 11) is 1.57. The van der Waals surface area contributed by atoms with Gasteiger partial charge >= 0.3 is 5.69 Å². The molecule has 0 radical (unpaired) electrons. The van der Waals surface area contributed by atoms with Crippen molar-refractivity contribution in [2.75, 3.05) is 18.0 Å². The SMILES string of the molecule is CC(C)=CCn1c(N2CCCC(N)C2)nc2c1c(=O)n(CC(c1ccccc1)S(=O)O)c(=O)n2C. The second-order valence-electron chi connectivity index (χ2n) is 9.26. The number of imidazole rings is 1. The molecule has 3 unspecified atom stereocenters. The topological polar surface area (TPSA) is 128 Å². The Morgan fingerprint density at radius 2 is 1.97 bits per heavy atom. The van der Waals surface area contributed by atoms with Gasteiger partial charge in [0.05, 0.1) is 6.54 Å². The van der Waals surface area contributed by atoms with E-state index in [1.54, 1.807) is 37.4 Å². The Kier molecular flexibility index (Phi) is 7.39. The van der Waals surface area contributed by atoms with Gasteiger partial charge in [-0.1, -0.05) is 42.0 Å². The lowest BCUT2D eigenvalue weighted by atomic mass is 10.1. The molecule has 2 aromatic heterocycles. The van der Waals surface area contributed by atoms with Gasteiger partial charge in [0.2, 0.25) is 5.95 Å². The first-order valence-electron chi connectivity index (χ1n) is 11.7. The lowest BCUT2D eigenvalue weighted by Gasteiger charge is -2.31. The molecule has 0 spiro atoms. The molecule has 35 heavy (non-hydrogen) atoms. The molecule has 10 nitrogen and oxygen atoms in total. The molecule has 11 heteroatoms. The Morgan fingerprint density at radius 3 is 2.60 bits per heavy atom. The number of fused-ring (bicyclic) bond motifs is 1. The summed E-state index contributed by atoms with van der Waals surface area (Å²) in [5.41, 5.74) is 7.33. The van der Waals surface area contributed by atoms with Gasteiger partial charge in [0.1, 0.15) is 5.25 Å². The van der Waals surface area contributed by atoms with Crippen LogP contribution in [0, 0.1) is 0 Å². The van der Waals surface area contributed by atoms with Gasteiger partial charge in [-0.05, 0) is 32.3 Å². The summed E-state index contributed by atoms with van der Waals surface area (Å²) in [5, 5.41) is -0.937. The number of aryl methyl sites for hydroxylation is 1. The van der Waals surface area contributed by atoms with Gasteiger partial charge in [-0.3, -0.25) is 13.9 Å². The minimum Gasteiger partial charge on any atom is -0.341 e. The van der Waals surface area contributed by atoms with Gasteiger partial charge in [-0.2, -0.15) is 4.98 Å². The summed E-state index contributed by atoms with van der Waals surface area (Å²) in [4.78, 5) is 33.8. The van der Waals surface area contributed by atoms with Crippen LogP contribution in [-0.2, 0) is 31.2 Å². The molecule has 0 amide bonds. The second-order valence-corrected chi connectivity index (χ2v) is 10.4. The molecule has 0 aliphatic carbocycles. The van der Waals surface area contributed by atoms with E-state index >= 15 is 0 Å². The van der Waals surface area contributed by atoms with Crippen LogP contribution >= 0.6 is 0 Å². The number of nitrogens with zero attached hydrogens (tertiary/aromatic N) is 5. The summed E-state index contributed by atoms with van der Waals surface area (Å²) >= 11 is -2.29. The van der Waals surface area contributed by atoms with Crippen molar-refractivity contribution in [1.82, 2.24) is 18.7 Å². The molecule has 3 heterocycles. The van der Waals surface area contributed by atoms with Crippen LogP contribution in [-0.4, -0.2) is 46.6 Å². The zero-order valence-corrected chi connectivity index (χ0v) is 21.1. The van der Waals surface area contributed by atoms with Crippen LogP contribution in [0.25, 0.3) is 11.2 Å². The molecule has 1 saturated heterocycles. The zero-order valence-electron chi connectivity index (χ0n) is 20.3. The minimum atomic E-state index is -2.29. The predicted octanol–water partition coefficient (Wildman–Crippen LogP) is 1.75. The summed E-state index contributed by atoms with van der Waals surface area (Å²) in [6, 6.07) is 8.74. The normalized spacial score (nSPS) is 18.0. The van der Waals surface area contributed by atoms with E-state index < -0.39 is 27.6 Å². The maximum absolute atomic E-state index is 13.8. The number of anilines is 1. The van der Waals surface area contributed by atoms with E-state index in [0.29, 0.717) is 24.6 Å². The number of nitrogens with two attached hydrogens (primary N) is 1. The molecule has 1 fully saturated rings. The Labute approximate surface area is 206 Å². The van der Waals surface area contributed by atoms with Crippen molar-refractivity contribution in [3.05, 3.63) is 68.4 Å². The molecular formula is C24H32N6O4S. The van der Waals surface area contributed by atoms with Crippen LogP contribution in [0.5, 0.6) is 0 Å². The van der Waals surface area contributed by atoms with Gasteiger partial charge < -0.3 is 19.8 Å². The van der Waals surface area contributed by atoms with E-state index in [9.17, 15) is 18.4 Å². The van der Waals surface area contributed by atoms with Crippen molar-refractivity contribution in [1.29, 1.82) is 0 Å². The van der Waals surface area contributed by atoms with Gasteiger partial charge in [0.25, 0.3) is 5.56 Å². The van der Waals surface area contributed by atoms with Crippen molar-refractivity contribution in [3.8, 4) is 0 Å². The fourth-order valence-corrected chi connectivity index (χ4v) is 5.19. The molecule has 4 rings (SSSR count). The third kappa shape index (κ3) is 5.02. The predicted molar refractivity (Wildman–Crippen MR) is 138 cm³/mol. The molecule has 3 aromatic rings. The van der Waals surface area contributed by atoms with Crippen LogP contribution in [0.1, 0.15) is 37.5 Å². The average molecular weight is 501 g/mol. The van der Waals surface area contributed by atoms with E-state index in [0.717, 1.165) is 29.5 Å². The van der Waals surface area contributed by atoms with E-state index in [-0.39, 0.29) is 23.8 Å². The molecule has 1 aliphatic rings. The fourth-order valence-electron chi connectivity index (χ4n) is 4.52. The maximum atomic E-state index is 13.8. The third-order valence-electron chi connectivity index (χ3n) is 6.40. The number of piperidine rings is 1. The molecule has 3 N–H and O–H groups in total. The smallest absolute Gasteiger partial charge is 0.332 e. The number of benzene rings is 1. The average Bonchev–Trinajstić information content (AvgIpc) is 3.21. The first kappa shape index (κ1) is 25.1. The van der Waals surface area contributed by atoms with Crippen LogP contribution in [0.3, 0.4) is 0 Å². The number of aromatic nitrogens is 4. The number of rotatable bonds is 7. The second kappa shape index (κ2) is 10.3. The highest BCUT2D eigenvalue weighted by Gasteiger charge is 2.27. The maximum Gasteiger partial charge on any atom is 0.332 e. The van der Waals surface area contributed by atoms with Crippen molar-refractivity contribution >= 4 is 28.2 Å². The van der Waals surface area contributed by atoms with Gasteiger partial charge in [0.15, 0.2) is 22.2 Å². The molecule has 1 aromatic carbocycles. The van der Waals surface area contributed by atoms with Crippen LogP contribution in [0.4, 0.5) is 5.95 Å². The third-order valence-corrected chi connectivity index (χ3v) is 7.31. The van der Waals surface area contributed by atoms with Crippen molar-refractivity contribution in [3.63, 3.8) is 0 Å². The molecule has 0 saturated carbocycles. The van der Waals surface area contributed by atoms with E-state index in [1.165, 1.54) is 4.57 Å². The lowest BCUT2D eigenvalue weighted by Crippen LogP contribution is -2.44. The molecule has 3 atom stereocenters. The summed E-state index contributed by atoms with van der Waals surface area (Å²) in [6.45, 7) is 5.50. The first-order valence-corrected chi connectivity index (χ1v) is 12.8. The fraction of sp³-hybridized carbons (Fsp3) is 0.458. The summed E-state index contributed by atoms with van der Waals surface area (Å²) in [5.74, 6) is 0.600. The van der Waals surface area contributed by atoms with Crippen LogP contribution < -0.4 is 21.9 Å². The number of hydrogen-bond acceptors (Lipinski definition) is 6. The van der Waals surface area contributed by atoms with Crippen LogP contribution in [0.15, 0.2) is 51.6 Å². The van der Waals surface area contributed by atoms with E-state index in [4.69, 9.17) is 10.7 Å². The Morgan fingerprint density at radius 1 is 1.26 bits per heavy atom. The Balaban J connectivity index is 1.91. The number of hydrogen-bond donors (Lipinski definition) is 2. The highest BCUT2D eigenvalue weighted by molar-refractivity contribution is 7.79. The Bertz CT molecular complexity index is 1390. The van der Waals surface area contributed by atoms with Crippen molar-refractivity contribution in [2.45, 2.75) is 51.1 Å². The summed E-state index contributed by atoms with van der Waals surface area (Å²) < 4.78 is 26.4. The Hall–Kier alpha value is -3.02. The minimum absolute atomic E-state index is 0.00658.